The summed E-state index contributed by atoms with van der Waals surface area (Å²) in [6.45, 7) is 23.2. The molecular formula is C52H75N7O11Si. The van der Waals surface area contributed by atoms with Gasteiger partial charge in [0.15, 0.2) is 11.6 Å². The van der Waals surface area contributed by atoms with E-state index in [0.717, 1.165) is 11.6 Å². The molecule has 71 heavy (non-hydrogen) atoms. The highest BCUT2D eigenvalue weighted by atomic mass is 28.3. The molecule has 3 amide bonds. The summed E-state index contributed by atoms with van der Waals surface area (Å²) < 4.78 is 38.5. The summed E-state index contributed by atoms with van der Waals surface area (Å²) >= 11 is 0. The lowest BCUT2D eigenvalue weighted by Crippen LogP contribution is -2.46. The van der Waals surface area contributed by atoms with Gasteiger partial charge in [-0.05, 0) is 123 Å². The van der Waals surface area contributed by atoms with E-state index in [4.69, 9.17) is 28.4 Å². The molecule has 0 bridgehead atoms. The van der Waals surface area contributed by atoms with Gasteiger partial charge in [-0.2, -0.15) is 0 Å². The second kappa shape index (κ2) is 22.8. The van der Waals surface area contributed by atoms with Gasteiger partial charge in [0.25, 0.3) is 0 Å². The second-order valence-corrected chi connectivity index (χ2v) is 27.8. The molecule has 3 heterocycles. The normalized spacial score (nSPS) is 19.2. The summed E-state index contributed by atoms with van der Waals surface area (Å²) in [7, 11) is 0.120. The van der Waals surface area contributed by atoms with Crippen molar-refractivity contribution < 1.29 is 52.7 Å². The fraction of sp³-hybridized carbons (Fsp3) is 0.577. The Bertz CT molecular complexity index is 2450. The van der Waals surface area contributed by atoms with Gasteiger partial charge in [0.1, 0.15) is 46.8 Å². The number of ether oxygens (including phenoxy) is 6. The largest absolute Gasteiger partial charge is 0.480 e. The van der Waals surface area contributed by atoms with E-state index in [0.29, 0.717) is 67.4 Å². The monoisotopic (exact) mass is 1000 g/mol. The summed E-state index contributed by atoms with van der Waals surface area (Å²) in [5.41, 5.74) is -0.0436. The molecule has 2 aromatic carbocycles. The molecule has 0 spiro atoms. The van der Waals surface area contributed by atoms with Crippen molar-refractivity contribution in [2.24, 2.45) is 5.92 Å². The Kier molecular flexibility index (Phi) is 17.5. The van der Waals surface area contributed by atoms with Crippen LogP contribution in [0.15, 0.2) is 73.2 Å². The predicted octanol–water partition coefficient (Wildman–Crippen LogP) is 9.71. The Balaban J connectivity index is 1.25. The van der Waals surface area contributed by atoms with Gasteiger partial charge < -0.3 is 53.2 Å². The highest BCUT2D eigenvalue weighted by molar-refractivity contribution is 6.76. The van der Waals surface area contributed by atoms with E-state index in [1.807, 2.05) is 101 Å². The zero-order valence-electron chi connectivity index (χ0n) is 43.6. The number of aliphatic carboxylic acids is 1. The van der Waals surface area contributed by atoms with Crippen LogP contribution in [0.4, 0.5) is 20.2 Å². The summed E-state index contributed by atoms with van der Waals surface area (Å²) in [4.78, 5) is 66.9. The quantitative estimate of drug-likeness (QED) is 0.0627. The minimum Gasteiger partial charge on any atom is -0.480 e. The molecule has 18 nitrogen and oxygen atoms in total. The summed E-state index contributed by atoms with van der Waals surface area (Å²) in [5.74, 6) is -0.447. The molecule has 1 saturated carbocycles. The molecule has 4 aromatic rings. The first-order valence-electron chi connectivity index (χ1n) is 24.6. The van der Waals surface area contributed by atoms with Gasteiger partial charge in [-0.15, -0.1) is 0 Å². The maximum atomic E-state index is 13.9. The van der Waals surface area contributed by atoms with Crippen LogP contribution in [0.25, 0.3) is 11.0 Å². The van der Waals surface area contributed by atoms with E-state index in [-0.39, 0.29) is 43.7 Å². The SMILES string of the molecule is CN(C(=O)OC(C)(C)C)c1ncnc2c1ccn2[C@@H]1C[C@H](CN(CCCN(Cc2cccc(Oc3ccccc3)c2)C(=O)OCC[Si](C)(C)C)CCC(NC(=O)OC(C)(C)C)C(=O)O)[C@H]2OC(C)(C)O[C@H]21. The predicted molar refractivity (Wildman–Crippen MR) is 272 cm³/mol. The van der Waals surface area contributed by atoms with Crippen molar-refractivity contribution >= 4 is 49.2 Å². The number of nitrogens with one attached hydrogen (secondary N) is 1. The number of nitrogens with zero attached hydrogens (tertiary/aromatic N) is 6. The number of para-hydroxylation sites is 1. The Morgan fingerprint density at radius 3 is 2.25 bits per heavy atom. The van der Waals surface area contributed by atoms with Gasteiger partial charge in [0.05, 0.1) is 24.1 Å². The number of anilines is 1. The van der Waals surface area contributed by atoms with E-state index in [2.05, 4.69) is 44.4 Å². The summed E-state index contributed by atoms with van der Waals surface area (Å²) in [6.07, 6.45) is 2.06. The van der Waals surface area contributed by atoms with Gasteiger partial charge in [-0.25, -0.2) is 29.1 Å². The minimum absolute atomic E-state index is 0.0748. The van der Waals surface area contributed by atoms with Crippen molar-refractivity contribution in [3.8, 4) is 11.5 Å². The third-order valence-corrected chi connectivity index (χ3v) is 13.8. The number of hydrogen-bond donors (Lipinski definition) is 2. The summed E-state index contributed by atoms with van der Waals surface area (Å²) in [6, 6.07) is 18.4. The van der Waals surface area contributed by atoms with Crippen LogP contribution < -0.4 is 15.0 Å². The molecule has 2 aliphatic rings. The van der Waals surface area contributed by atoms with Crippen molar-refractivity contribution in [2.75, 3.05) is 44.7 Å². The maximum absolute atomic E-state index is 13.9. The van der Waals surface area contributed by atoms with Crippen LogP contribution in [-0.2, 0) is 35.0 Å². The van der Waals surface area contributed by atoms with E-state index >= 15 is 0 Å². The lowest BCUT2D eigenvalue weighted by molar-refractivity contribution is -0.161. The van der Waals surface area contributed by atoms with Gasteiger partial charge in [-0.3, -0.25) is 4.90 Å². The number of benzene rings is 2. The van der Waals surface area contributed by atoms with E-state index in [1.54, 1.807) is 32.7 Å². The first-order chi connectivity index (χ1) is 33.2. The number of carbonyl (C=O) groups excluding carboxylic acids is 3. The molecule has 5 atom stereocenters. The second-order valence-electron chi connectivity index (χ2n) is 22.2. The van der Waals surface area contributed by atoms with Crippen molar-refractivity contribution in [1.29, 1.82) is 0 Å². The van der Waals surface area contributed by atoms with E-state index in [9.17, 15) is 24.3 Å². The first kappa shape index (κ1) is 54.6. The number of hydrogen-bond acceptors (Lipinski definition) is 13. The molecule has 1 saturated heterocycles. The standard InChI is InChI=1S/C52H75N7O11Si/c1-50(2,3)69-47(62)55-40(46(60)61)23-26-57(24-17-25-58(49(64)65-28-29-71(10,11)12)32-35-18-16-21-38(30-35)66-37-19-14-13-15-20-37)33-36-31-41(43-42(36)67-52(7,8)68-43)59-27-22-39-44(53-34-54-45(39)59)56(9)48(63)70-51(4,5)6/h13-16,18-22,27,30,34,36,40-43H,17,23-26,28-29,31-33H2,1-12H3,(H,55,62)(H,60,61)/t36-,40?,41-,42-,43+/m1/s1. The third kappa shape index (κ3) is 15.9. The van der Waals surface area contributed by atoms with Crippen LogP contribution in [-0.4, -0.2) is 137 Å². The molecule has 2 fully saturated rings. The average molecular weight is 1000 g/mol. The molecule has 1 aliphatic carbocycles. The maximum Gasteiger partial charge on any atom is 0.415 e. The number of rotatable bonds is 20. The van der Waals surface area contributed by atoms with E-state index < -0.39 is 55.4 Å². The number of amides is 3. The lowest BCUT2D eigenvalue weighted by Gasteiger charge is -2.31. The number of carbonyl (C=O) groups is 4. The molecule has 6 rings (SSSR count). The van der Waals surface area contributed by atoms with Crippen molar-refractivity contribution in [1.82, 2.24) is 29.7 Å². The lowest BCUT2D eigenvalue weighted by atomic mass is 10.0. The minimum atomic E-state index is -1.50. The van der Waals surface area contributed by atoms with Crippen molar-refractivity contribution in [3.05, 3.63) is 78.8 Å². The number of alkyl carbamates (subject to hydrolysis) is 1. The van der Waals surface area contributed by atoms with E-state index in [1.165, 1.54) is 11.2 Å². The molecule has 2 N–H and O–H groups in total. The Morgan fingerprint density at radius 1 is 0.887 bits per heavy atom. The molecule has 0 radical (unpaired) electrons. The van der Waals surface area contributed by atoms with Gasteiger partial charge in [-0.1, -0.05) is 50.0 Å². The zero-order valence-corrected chi connectivity index (χ0v) is 44.6. The Morgan fingerprint density at radius 2 is 1.58 bits per heavy atom. The Labute approximate surface area is 419 Å². The van der Waals surface area contributed by atoms with Gasteiger partial charge in [0.2, 0.25) is 0 Å². The molecular weight excluding hydrogens is 927 g/mol. The van der Waals surface area contributed by atoms with Crippen LogP contribution in [0.5, 0.6) is 11.5 Å². The van der Waals surface area contributed by atoms with Gasteiger partial charge in [0, 0.05) is 53.4 Å². The van der Waals surface area contributed by atoms with Crippen LogP contribution in [0.3, 0.4) is 0 Å². The van der Waals surface area contributed by atoms with Gasteiger partial charge >= 0.3 is 24.2 Å². The van der Waals surface area contributed by atoms with Crippen LogP contribution in [0.1, 0.15) is 86.3 Å². The number of carboxylic acids is 1. The highest BCUT2D eigenvalue weighted by Crippen LogP contribution is 2.48. The Hall–Kier alpha value is -5.76. The molecule has 2 aromatic heterocycles. The molecule has 19 heteroatoms. The molecule has 1 unspecified atom stereocenters. The van der Waals surface area contributed by atoms with Crippen molar-refractivity contribution in [3.63, 3.8) is 0 Å². The fourth-order valence-electron chi connectivity index (χ4n) is 8.87. The number of fused-ring (bicyclic) bond motifs is 2. The van der Waals surface area contributed by atoms with Crippen molar-refractivity contribution in [2.45, 2.75) is 148 Å². The fourth-order valence-corrected chi connectivity index (χ4v) is 9.58. The van der Waals surface area contributed by atoms with Crippen LogP contribution >= 0.6 is 0 Å². The van der Waals surface area contributed by atoms with Crippen LogP contribution in [0, 0.1) is 5.92 Å². The molecule has 1 aliphatic heterocycles. The number of carboxylic acid groups (broad SMARTS) is 1. The number of aromatic nitrogens is 3. The third-order valence-electron chi connectivity index (χ3n) is 12.1. The average Bonchev–Trinajstić information content (AvgIpc) is 3.93. The first-order valence-corrected chi connectivity index (χ1v) is 28.3. The smallest absolute Gasteiger partial charge is 0.415 e. The molecule has 388 valence electrons. The zero-order chi connectivity index (χ0) is 51.9. The topological polar surface area (TPSA) is 196 Å². The highest BCUT2D eigenvalue weighted by Gasteiger charge is 2.55. The van der Waals surface area contributed by atoms with Crippen LogP contribution in [0.2, 0.25) is 25.7 Å². The summed E-state index contributed by atoms with van der Waals surface area (Å²) in [5, 5.41) is 13.5.